The van der Waals surface area contributed by atoms with Gasteiger partial charge in [0.2, 0.25) is 0 Å². The van der Waals surface area contributed by atoms with Gasteiger partial charge in [0.25, 0.3) is 5.91 Å². The molecule has 1 amide bonds. The van der Waals surface area contributed by atoms with Crippen LogP contribution in [-0.2, 0) is 0 Å². The zero-order chi connectivity index (χ0) is 18.5. The topological polar surface area (TPSA) is 78.3 Å². The molecule has 2 aromatic carbocycles. The molecule has 0 aliphatic heterocycles. The zero-order valence-corrected chi connectivity index (χ0v) is 14.8. The Morgan fingerprint density at radius 1 is 1.12 bits per heavy atom. The second-order valence-electron chi connectivity index (χ2n) is 5.69. The summed E-state index contributed by atoms with van der Waals surface area (Å²) in [6.45, 7) is 1.91. The number of ether oxygens (including phenoxy) is 2. The van der Waals surface area contributed by atoms with Gasteiger partial charge in [-0.1, -0.05) is 0 Å². The Hall–Kier alpha value is -3.35. The Labute approximate surface area is 151 Å². The summed E-state index contributed by atoms with van der Waals surface area (Å²) in [5.41, 5.74) is 2.28. The lowest BCUT2D eigenvalue weighted by atomic mass is 10.1. The Kier molecular flexibility index (Phi) is 5.17. The van der Waals surface area contributed by atoms with E-state index in [9.17, 15) is 4.79 Å². The molecule has 0 aliphatic rings. The highest BCUT2D eigenvalue weighted by molar-refractivity contribution is 5.94. The molecule has 0 aliphatic carbocycles. The van der Waals surface area contributed by atoms with E-state index in [2.05, 4.69) is 15.4 Å². The number of carbonyl (C=O) groups excluding carboxylic acids is 1. The molecule has 1 N–H and O–H groups in total. The molecular formula is C19H20N4O3. The van der Waals surface area contributed by atoms with E-state index in [0.29, 0.717) is 17.1 Å². The van der Waals surface area contributed by atoms with Gasteiger partial charge in [-0.25, -0.2) is 9.67 Å². The van der Waals surface area contributed by atoms with E-state index in [1.54, 1.807) is 43.4 Å². The summed E-state index contributed by atoms with van der Waals surface area (Å²) >= 11 is 0. The quantitative estimate of drug-likeness (QED) is 0.738. The molecule has 7 nitrogen and oxygen atoms in total. The summed E-state index contributed by atoms with van der Waals surface area (Å²) in [5.74, 6) is 1.20. The maximum absolute atomic E-state index is 12.5. The number of methoxy groups -OCH3 is 2. The fraction of sp³-hybridized carbons (Fsp3) is 0.211. The van der Waals surface area contributed by atoms with Crippen LogP contribution in [0.1, 0.15) is 28.9 Å². The molecule has 0 radical (unpaired) electrons. The smallest absolute Gasteiger partial charge is 0.251 e. The van der Waals surface area contributed by atoms with Gasteiger partial charge in [0.1, 0.15) is 24.2 Å². The molecule has 3 rings (SSSR count). The van der Waals surface area contributed by atoms with Crippen LogP contribution in [0.3, 0.4) is 0 Å². The number of rotatable bonds is 6. The first-order valence-electron chi connectivity index (χ1n) is 8.10. The van der Waals surface area contributed by atoms with Crippen molar-refractivity contribution in [2.45, 2.75) is 13.0 Å². The fourth-order valence-corrected chi connectivity index (χ4v) is 2.64. The van der Waals surface area contributed by atoms with E-state index < -0.39 is 0 Å². The molecule has 1 heterocycles. The summed E-state index contributed by atoms with van der Waals surface area (Å²) in [4.78, 5) is 16.4. The number of aromatic nitrogens is 3. The van der Waals surface area contributed by atoms with Crippen molar-refractivity contribution in [3.05, 3.63) is 66.2 Å². The first kappa shape index (κ1) is 17.5. The van der Waals surface area contributed by atoms with Crippen LogP contribution >= 0.6 is 0 Å². The van der Waals surface area contributed by atoms with Crippen molar-refractivity contribution >= 4 is 5.91 Å². The lowest BCUT2D eigenvalue weighted by molar-refractivity contribution is 0.0939. The first-order chi connectivity index (χ1) is 12.6. The van der Waals surface area contributed by atoms with Crippen molar-refractivity contribution in [1.82, 2.24) is 20.1 Å². The second-order valence-corrected chi connectivity index (χ2v) is 5.69. The number of carbonyl (C=O) groups is 1. The molecule has 3 aromatic rings. The molecule has 7 heteroatoms. The standard InChI is InChI=1S/C19H20N4O3/c1-13(17-9-8-16(25-2)10-18(17)26-3)22-19(24)14-4-6-15(7-5-14)23-12-20-11-21-23/h4-13H,1-3H3,(H,22,24). The highest BCUT2D eigenvalue weighted by Gasteiger charge is 2.16. The van der Waals surface area contributed by atoms with Crippen LogP contribution in [0.15, 0.2) is 55.1 Å². The number of hydrogen-bond donors (Lipinski definition) is 1. The number of nitrogens with one attached hydrogen (secondary N) is 1. The number of hydrogen-bond acceptors (Lipinski definition) is 5. The van der Waals surface area contributed by atoms with Gasteiger partial charge in [0, 0.05) is 17.2 Å². The van der Waals surface area contributed by atoms with Crippen LogP contribution in [-0.4, -0.2) is 34.9 Å². The van der Waals surface area contributed by atoms with Crippen LogP contribution in [0, 0.1) is 0 Å². The lowest BCUT2D eigenvalue weighted by Gasteiger charge is -2.18. The maximum Gasteiger partial charge on any atom is 0.251 e. The van der Waals surface area contributed by atoms with Crippen molar-refractivity contribution in [2.75, 3.05) is 14.2 Å². The molecule has 1 atom stereocenters. The summed E-state index contributed by atoms with van der Waals surface area (Å²) < 4.78 is 12.2. The molecule has 0 fully saturated rings. The highest BCUT2D eigenvalue weighted by Crippen LogP contribution is 2.29. The molecule has 0 bridgehead atoms. The minimum atomic E-state index is -0.224. The van der Waals surface area contributed by atoms with Crippen LogP contribution in [0.25, 0.3) is 5.69 Å². The third-order valence-electron chi connectivity index (χ3n) is 4.07. The molecule has 0 saturated heterocycles. The van der Waals surface area contributed by atoms with Gasteiger partial charge < -0.3 is 14.8 Å². The summed E-state index contributed by atoms with van der Waals surface area (Å²) in [6, 6.07) is 12.5. The summed E-state index contributed by atoms with van der Waals surface area (Å²) in [5, 5.41) is 7.05. The SMILES string of the molecule is COc1ccc(C(C)NC(=O)c2ccc(-n3cncn3)cc2)c(OC)c1. The average molecular weight is 352 g/mol. The molecule has 1 unspecified atom stereocenters. The zero-order valence-electron chi connectivity index (χ0n) is 14.8. The van der Waals surface area contributed by atoms with Gasteiger partial charge in [-0.05, 0) is 43.3 Å². The van der Waals surface area contributed by atoms with Gasteiger partial charge >= 0.3 is 0 Å². The first-order valence-corrected chi connectivity index (χ1v) is 8.10. The number of benzene rings is 2. The van der Waals surface area contributed by atoms with E-state index in [1.807, 2.05) is 31.2 Å². The minimum Gasteiger partial charge on any atom is -0.497 e. The van der Waals surface area contributed by atoms with Crippen molar-refractivity contribution in [3.63, 3.8) is 0 Å². The maximum atomic E-state index is 12.5. The van der Waals surface area contributed by atoms with E-state index >= 15 is 0 Å². The van der Waals surface area contributed by atoms with Crippen molar-refractivity contribution in [3.8, 4) is 17.2 Å². The third kappa shape index (κ3) is 3.66. The van der Waals surface area contributed by atoms with Gasteiger partial charge in [-0.2, -0.15) is 5.10 Å². The van der Waals surface area contributed by atoms with E-state index in [-0.39, 0.29) is 11.9 Å². The molecule has 0 saturated carbocycles. The molecule has 26 heavy (non-hydrogen) atoms. The molecule has 1 aromatic heterocycles. The second kappa shape index (κ2) is 7.69. The van der Waals surface area contributed by atoms with E-state index in [1.165, 1.54) is 6.33 Å². The third-order valence-corrected chi connectivity index (χ3v) is 4.07. The van der Waals surface area contributed by atoms with Crippen LogP contribution in [0.4, 0.5) is 0 Å². The van der Waals surface area contributed by atoms with Crippen molar-refractivity contribution < 1.29 is 14.3 Å². The Bertz CT molecular complexity index is 876. The Morgan fingerprint density at radius 3 is 2.50 bits per heavy atom. The predicted molar refractivity (Wildman–Crippen MR) is 96.8 cm³/mol. The van der Waals surface area contributed by atoms with E-state index in [4.69, 9.17) is 9.47 Å². The Balaban J connectivity index is 1.73. The monoisotopic (exact) mass is 352 g/mol. The Morgan fingerprint density at radius 2 is 1.88 bits per heavy atom. The molecule has 0 spiro atoms. The van der Waals surface area contributed by atoms with Crippen molar-refractivity contribution in [1.29, 1.82) is 0 Å². The van der Waals surface area contributed by atoms with Gasteiger partial charge in [0.05, 0.1) is 25.9 Å². The van der Waals surface area contributed by atoms with Crippen molar-refractivity contribution in [2.24, 2.45) is 0 Å². The fourth-order valence-electron chi connectivity index (χ4n) is 2.64. The van der Waals surface area contributed by atoms with Gasteiger partial charge in [0.15, 0.2) is 0 Å². The average Bonchev–Trinajstić information content (AvgIpc) is 3.22. The normalized spacial score (nSPS) is 11.7. The summed E-state index contributed by atoms with van der Waals surface area (Å²) in [6.07, 6.45) is 3.07. The van der Waals surface area contributed by atoms with Crippen LogP contribution in [0.2, 0.25) is 0 Å². The lowest BCUT2D eigenvalue weighted by Crippen LogP contribution is -2.27. The highest BCUT2D eigenvalue weighted by atomic mass is 16.5. The number of nitrogens with zero attached hydrogens (tertiary/aromatic N) is 3. The molecule has 134 valence electrons. The largest absolute Gasteiger partial charge is 0.497 e. The number of amides is 1. The van der Waals surface area contributed by atoms with Gasteiger partial charge in [-0.3, -0.25) is 4.79 Å². The summed E-state index contributed by atoms with van der Waals surface area (Å²) in [7, 11) is 3.19. The van der Waals surface area contributed by atoms with Crippen LogP contribution in [0.5, 0.6) is 11.5 Å². The van der Waals surface area contributed by atoms with Crippen LogP contribution < -0.4 is 14.8 Å². The minimum absolute atomic E-state index is 0.166. The molecular weight excluding hydrogens is 332 g/mol. The predicted octanol–water partition coefficient (Wildman–Crippen LogP) is 2.78. The van der Waals surface area contributed by atoms with E-state index in [0.717, 1.165) is 11.3 Å². The van der Waals surface area contributed by atoms with Gasteiger partial charge in [-0.15, -0.1) is 0 Å².